The van der Waals surface area contributed by atoms with Gasteiger partial charge in [-0.3, -0.25) is 0 Å². The lowest BCUT2D eigenvalue weighted by atomic mass is 10.1. The Labute approximate surface area is 102 Å². The topological polar surface area (TPSA) is 26.0 Å². The van der Waals surface area contributed by atoms with Gasteiger partial charge in [-0.1, -0.05) is 26.8 Å². The fourth-order valence-electron chi connectivity index (χ4n) is 1.46. The highest BCUT2D eigenvalue weighted by atomic mass is 32.2. The van der Waals surface area contributed by atoms with Crippen molar-refractivity contribution in [1.82, 2.24) is 0 Å². The minimum absolute atomic E-state index is 0.0313. The van der Waals surface area contributed by atoms with Crippen LogP contribution in [0.3, 0.4) is 0 Å². The molecule has 0 heterocycles. The van der Waals surface area contributed by atoms with Crippen molar-refractivity contribution in [2.75, 3.05) is 0 Å². The lowest BCUT2D eigenvalue weighted by Crippen LogP contribution is -2.17. The third-order valence-electron chi connectivity index (χ3n) is 1.97. The molecule has 0 aliphatic carbocycles. The van der Waals surface area contributed by atoms with Crippen LogP contribution in [-0.4, -0.2) is 10.8 Å². The first kappa shape index (κ1) is 13.5. The molecule has 0 fully saturated rings. The molecule has 1 aromatic carbocycles. The SMILES string of the molecule is CC(N)Cc1ccc(SC(C)(C)C)c(F)c1. The van der Waals surface area contributed by atoms with E-state index in [1.165, 1.54) is 0 Å². The highest BCUT2D eigenvalue weighted by Crippen LogP contribution is 2.33. The predicted molar refractivity (Wildman–Crippen MR) is 69.4 cm³/mol. The molecule has 1 unspecified atom stereocenters. The van der Waals surface area contributed by atoms with Crippen molar-refractivity contribution in [1.29, 1.82) is 0 Å². The van der Waals surface area contributed by atoms with Crippen LogP contribution >= 0.6 is 11.8 Å². The number of thioether (sulfide) groups is 1. The van der Waals surface area contributed by atoms with E-state index < -0.39 is 0 Å². The quantitative estimate of drug-likeness (QED) is 0.818. The molecule has 90 valence electrons. The van der Waals surface area contributed by atoms with Gasteiger partial charge >= 0.3 is 0 Å². The van der Waals surface area contributed by atoms with Gasteiger partial charge in [0.15, 0.2) is 0 Å². The Morgan fingerprint density at radius 2 is 2.00 bits per heavy atom. The van der Waals surface area contributed by atoms with E-state index in [-0.39, 0.29) is 16.6 Å². The molecule has 0 amide bonds. The average Bonchev–Trinajstić information content (AvgIpc) is 2.06. The largest absolute Gasteiger partial charge is 0.328 e. The minimum Gasteiger partial charge on any atom is -0.328 e. The normalized spacial score (nSPS) is 13.9. The molecule has 0 radical (unpaired) electrons. The molecule has 16 heavy (non-hydrogen) atoms. The van der Waals surface area contributed by atoms with Crippen LogP contribution in [0.1, 0.15) is 33.3 Å². The van der Waals surface area contributed by atoms with Gasteiger partial charge in [0, 0.05) is 15.7 Å². The molecule has 1 nitrogen and oxygen atoms in total. The van der Waals surface area contributed by atoms with Gasteiger partial charge in [0.25, 0.3) is 0 Å². The Balaban J connectivity index is 2.83. The summed E-state index contributed by atoms with van der Waals surface area (Å²) in [6.07, 6.45) is 0.720. The van der Waals surface area contributed by atoms with Gasteiger partial charge in [-0.25, -0.2) is 4.39 Å². The summed E-state index contributed by atoms with van der Waals surface area (Å²) in [7, 11) is 0. The third kappa shape index (κ3) is 4.54. The number of benzene rings is 1. The van der Waals surface area contributed by atoms with Crippen LogP contribution in [0.2, 0.25) is 0 Å². The third-order valence-corrected chi connectivity index (χ3v) is 3.13. The number of hydrogen-bond donors (Lipinski definition) is 1. The molecule has 0 aliphatic heterocycles. The first-order valence-corrected chi connectivity index (χ1v) is 6.32. The first-order chi connectivity index (χ1) is 7.28. The number of rotatable bonds is 3. The maximum Gasteiger partial charge on any atom is 0.137 e. The Morgan fingerprint density at radius 3 is 2.44 bits per heavy atom. The summed E-state index contributed by atoms with van der Waals surface area (Å²) >= 11 is 1.55. The van der Waals surface area contributed by atoms with Gasteiger partial charge in [0.1, 0.15) is 5.82 Å². The van der Waals surface area contributed by atoms with Crippen LogP contribution in [-0.2, 0) is 6.42 Å². The van der Waals surface area contributed by atoms with Crippen molar-refractivity contribution < 1.29 is 4.39 Å². The van der Waals surface area contributed by atoms with Crippen LogP contribution in [0.15, 0.2) is 23.1 Å². The molecule has 1 rings (SSSR count). The second-order valence-electron chi connectivity index (χ2n) is 5.16. The van der Waals surface area contributed by atoms with Crippen LogP contribution < -0.4 is 5.73 Å². The van der Waals surface area contributed by atoms with Crippen molar-refractivity contribution in [3.8, 4) is 0 Å². The molecular weight excluding hydrogens is 221 g/mol. The van der Waals surface area contributed by atoms with Crippen molar-refractivity contribution in [2.24, 2.45) is 5.73 Å². The van der Waals surface area contributed by atoms with E-state index in [1.807, 2.05) is 19.1 Å². The monoisotopic (exact) mass is 241 g/mol. The summed E-state index contributed by atoms with van der Waals surface area (Å²) in [5, 5.41) is 0. The fraction of sp³-hybridized carbons (Fsp3) is 0.538. The number of nitrogens with two attached hydrogens (primary N) is 1. The van der Waals surface area contributed by atoms with E-state index in [9.17, 15) is 4.39 Å². The Kier molecular flexibility index (Phi) is 4.39. The van der Waals surface area contributed by atoms with Gasteiger partial charge in [0.2, 0.25) is 0 Å². The van der Waals surface area contributed by atoms with Crippen LogP contribution in [0.5, 0.6) is 0 Å². The molecule has 1 atom stereocenters. The zero-order valence-corrected chi connectivity index (χ0v) is 11.2. The van der Waals surface area contributed by atoms with Crippen molar-refractivity contribution in [3.63, 3.8) is 0 Å². The fourth-order valence-corrected chi connectivity index (χ4v) is 2.41. The second-order valence-corrected chi connectivity index (χ2v) is 7.03. The Morgan fingerprint density at radius 1 is 1.38 bits per heavy atom. The van der Waals surface area contributed by atoms with Gasteiger partial charge in [-0.2, -0.15) is 0 Å². The summed E-state index contributed by atoms with van der Waals surface area (Å²) in [5.74, 6) is -0.141. The molecule has 0 aromatic heterocycles. The number of hydrogen-bond acceptors (Lipinski definition) is 2. The summed E-state index contributed by atoms with van der Waals surface area (Å²) < 4.78 is 13.8. The van der Waals surface area contributed by atoms with Gasteiger partial charge < -0.3 is 5.73 Å². The summed E-state index contributed by atoms with van der Waals surface area (Å²) in [5.41, 5.74) is 6.65. The lowest BCUT2D eigenvalue weighted by molar-refractivity contribution is 0.595. The van der Waals surface area contributed by atoms with Crippen molar-refractivity contribution >= 4 is 11.8 Å². The maximum atomic E-state index is 13.8. The van der Waals surface area contributed by atoms with E-state index in [2.05, 4.69) is 20.8 Å². The molecule has 1 aromatic rings. The van der Waals surface area contributed by atoms with Crippen molar-refractivity contribution in [2.45, 2.75) is 49.8 Å². The summed E-state index contributed by atoms with van der Waals surface area (Å²) in [4.78, 5) is 0.709. The zero-order chi connectivity index (χ0) is 12.3. The Hall–Kier alpha value is -0.540. The zero-order valence-electron chi connectivity index (χ0n) is 10.4. The predicted octanol–water partition coefficient (Wildman–Crippen LogP) is 3.61. The highest BCUT2D eigenvalue weighted by molar-refractivity contribution is 8.00. The summed E-state index contributed by atoms with van der Waals surface area (Å²) in [6.45, 7) is 8.16. The van der Waals surface area contributed by atoms with E-state index in [0.29, 0.717) is 4.90 Å². The van der Waals surface area contributed by atoms with Crippen LogP contribution in [0.4, 0.5) is 4.39 Å². The second kappa shape index (κ2) is 5.19. The average molecular weight is 241 g/mol. The van der Waals surface area contributed by atoms with Gasteiger partial charge in [-0.05, 0) is 31.0 Å². The van der Waals surface area contributed by atoms with E-state index >= 15 is 0 Å². The molecule has 3 heteroatoms. The van der Waals surface area contributed by atoms with Crippen molar-refractivity contribution in [3.05, 3.63) is 29.6 Å². The standard InChI is InChI=1S/C13H20FNS/c1-9(15)7-10-5-6-12(11(14)8-10)16-13(2,3)4/h5-6,8-9H,7,15H2,1-4H3. The molecule has 0 bridgehead atoms. The molecular formula is C13H20FNS. The molecule has 0 spiro atoms. The smallest absolute Gasteiger partial charge is 0.137 e. The first-order valence-electron chi connectivity index (χ1n) is 5.51. The van der Waals surface area contributed by atoms with Gasteiger partial charge in [-0.15, -0.1) is 11.8 Å². The molecule has 0 saturated heterocycles. The Bertz CT molecular complexity index is 355. The highest BCUT2D eigenvalue weighted by Gasteiger charge is 2.15. The van der Waals surface area contributed by atoms with E-state index in [1.54, 1.807) is 17.8 Å². The van der Waals surface area contributed by atoms with E-state index in [0.717, 1.165) is 12.0 Å². The van der Waals surface area contributed by atoms with Gasteiger partial charge in [0.05, 0.1) is 0 Å². The molecule has 2 N–H and O–H groups in total. The number of halogens is 1. The van der Waals surface area contributed by atoms with E-state index in [4.69, 9.17) is 5.73 Å². The molecule has 0 aliphatic rings. The van der Waals surface area contributed by atoms with Crippen LogP contribution in [0, 0.1) is 5.82 Å². The lowest BCUT2D eigenvalue weighted by Gasteiger charge is -2.18. The summed E-state index contributed by atoms with van der Waals surface area (Å²) in [6, 6.07) is 5.47. The molecule has 0 saturated carbocycles. The van der Waals surface area contributed by atoms with Crippen LogP contribution in [0.25, 0.3) is 0 Å². The minimum atomic E-state index is -0.141. The maximum absolute atomic E-state index is 13.8.